The Kier molecular flexibility index (Phi) is 6.42. The lowest BCUT2D eigenvalue weighted by Gasteiger charge is -2.02. The summed E-state index contributed by atoms with van der Waals surface area (Å²) in [6, 6.07) is 8.05. The van der Waals surface area contributed by atoms with Crippen molar-refractivity contribution >= 4 is 5.78 Å². The molecule has 1 heteroatoms. The lowest BCUT2D eigenvalue weighted by molar-refractivity contribution is 0.104. The molecule has 0 N–H and O–H groups in total. The van der Waals surface area contributed by atoms with E-state index in [0.29, 0.717) is 0 Å². The summed E-state index contributed by atoms with van der Waals surface area (Å²) < 4.78 is 0. The largest absolute Gasteiger partial charge is 0.289 e. The Labute approximate surface area is 111 Å². The van der Waals surface area contributed by atoms with Crippen LogP contribution in [0.5, 0.6) is 0 Å². The third-order valence-electron chi connectivity index (χ3n) is 2.98. The van der Waals surface area contributed by atoms with E-state index in [1.54, 1.807) is 6.08 Å². The first-order valence-corrected chi connectivity index (χ1v) is 6.91. The van der Waals surface area contributed by atoms with Gasteiger partial charge in [-0.15, -0.1) is 0 Å². The van der Waals surface area contributed by atoms with Crippen molar-refractivity contribution in [3.05, 3.63) is 47.0 Å². The average molecular weight is 244 g/mol. The van der Waals surface area contributed by atoms with Crippen molar-refractivity contribution < 1.29 is 4.79 Å². The van der Waals surface area contributed by atoms with E-state index in [1.165, 1.54) is 31.2 Å². The maximum atomic E-state index is 11.8. The Morgan fingerprint density at radius 3 is 2.28 bits per heavy atom. The summed E-state index contributed by atoms with van der Waals surface area (Å²) in [6.45, 7) is 6.11. The maximum absolute atomic E-state index is 11.8. The first-order valence-electron chi connectivity index (χ1n) is 6.91. The van der Waals surface area contributed by atoms with Crippen molar-refractivity contribution in [2.45, 2.75) is 52.9 Å². The Morgan fingerprint density at radius 1 is 1.06 bits per heavy atom. The van der Waals surface area contributed by atoms with E-state index in [-0.39, 0.29) is 5.78 Å². The standard InChI is InChI=1S/C17H24O/c1-4-5-6-7-8-15-9-11-16(12-10-15)17(18)13-14(2)3/h9-13H,4-8H2,1-3H3. The molecular weight excluding hydrogens is 220 g/mol. The highest BCUT2D eigenvalue weighted by atomic mass is 16.1. The summed E-state index contributed by atoms with van der Waals surface area (Å²) in [5.74, 6) is 0.104. The second-order valence-corrected chi connectivity index (χ2v) is 5.09. The molecule has 0 aliphatic rings. The number of hydrogen-bond donors (Lipinski definition) is 0. The van der Waals surface area contributed by atoms with Crippen molar-refractivity contribution in [2.75, 3.05) is 0 Å². The number of unbranched alkanes of at least 4 members (excludes halogenated alkanes) is 3. The van der Waals surface area contributed by atoms with E-state index in [9.17, 15) is 4.79 Å². The van der Waals surface area contributed by atoms with Crippen LogP contribution >= 0.6 is 0 Å². The zero-order valence-corrected chi connectivity index (χ0v) is 11.8. The zero-order valence-electron chi connectivity index (χ0n) is 11.8. The van der Waals surface area contributed by atoms with Gasteiger partial charge < -0.3 is 0 Å². The van der Waals surface area contributed by atoms with Crippen LogP contribution in [0.4, 0.5) is 0 Å². The van der Waals surface area contributed by atoms with Crippen LogP contribution in [0, 0.1) is 0 Å². The van der Waals surface area contributed by atoms with E-state index in [0.717, 1.165) is 17.6 Å². The molecular formula is C17H24O. The minimum atomic E-state index is 0.104. The molecule has 0 radical (unpaired) electrons. The molecule has 0 fully saturated rings. The number of carbonyl (C=O) groups excluding carboxylic acids is 1. The van der Waals surface area contributed by atoms with Crippen LogP contribution in [0.3, 0.4) is 0 Å². The zero-order chi connectivity index (χ0) is 13.4. The molecule has 0 aliphatic heterocycles. The van der Waals surface area contributed by atoms with Gasteiger partial charge in [0, 0.05) is 5.56 Å². The summed E-state index contributed by atoms with van der Waals surface area (Å²) in [6.07, 6.45) is 7.95. The Bertz CT molecular complexity index is 394. The monoisotopic (exact) mass is 244 g/mol. The Morgan fingerprint density at radius 2 is 1.72 bits per heavy atom. The van der Waals surface area contributed by atoms with Crippen molar-refractivity contribution in [1.82, 2.24) is 0 Å². The van der Waals surface area contributed by atoms with Gasteiger partial charge in [-0.2, -0.15) is 0 Å². The topological polar surface area (TPSA) is 17.1 Å². The van der Waals surface area contributed by atoms with Crippen molar-refractivity contribution in [3.63, 3.8) is 0 Å². The fraction of sp³-hybridized carbons (Fsp3) is 0.471. The van der Waals surface area contributed by atoms with Gasteiger partial charge in [-0.05, 0) is 38.3 Å². The molecule has 0 saturated heterocycles. The molecule has 0 atom stereocenters. The van der Waals surface area contributed by atoms with E-state index < -0.39 is 0 Å². The van der Waals surface area contributed by atoms with Gasteiger partial charge in [0.2, 0.25) is 0 Å². The lowest BCUT2D eigenvalue weighted by Crippen LogP contribution is -1.95. The molecule has 0 bridgehead atoms. The number of rotatable bonds is 7. The van der Waals surface area contributed by atoms with Crippen LogP contribution in [0.1, 0.15) is 62.4 Å². The minimum Gasteiger partial charge on any atom is -0.289 e. The Hall–Kier alpha value is -1.37. The quantitative estimate of drug-likeness (QED) is 0.376. The molecule has 0 aromatic heterocycles. The first kappa shape index (κ1) is 14.7. The maximum Gasteiger partial charge on any atom is 0.185 e. The molecule has 1 rings (SSSR count). The smallest absolute Gasteiger partial charge is 0.185 e. The van der Waals surface area contributed by atoms with Crippen LogP contribution in [0.25, 0.3) is 0 Å². The van der Waals surface area contributed by atoms with Crippen LogP contribution in [0.2, 0.25) is 0 Å². The SMILES string of the molecule is CCCCCCc1ccc(C(=O)C=C(C)C)cc1. The number of allylic oxidation sites excluding steroid dienone is 2. The van der Waals surface area contributed by atoms with Crippen molar-refractivity contribution in [3.8, 4) is 0 Å². The molecule has 0 unspecified atom stereocenters. The third-order valence-corrected chi connectivity index (χ3v) is 2.98. The van der Waals surface area contributed by atoms with Crippen LogP contribution < -0.4 is 0 Å². The van der Waals surface area contributed by atoms with Crippen molar-refractivity contribution in [1.29, 1.82) is 0 Å². The van der Waals surface area contributed by atoms with Gasteiger partial charge in [-0.3, -0.25) is 4.79 Å². The molecule has 0 aliphatic carbocycles. The molecule has 1 aromatic carbocycles. The number of benzene rings is 1. The number of hydrogen-bond acceptors (Lipinski definition) is 1. The molecule has 0 amide bonds. The molecule has 0 saturated carbocycles. The minimum absolute atomic E-state index is 0.104. The third kappa shape index (κ3) is 5.31. The van der Waals surface area contributed by atoms with Gasteiger partial charge in [0.05, 0.1) is 0 Å². The first-order chi connectivity index (χ1) is 8.63. The highest BCUT2D eigenvalue weighted by molar-refractivity contribution is 6.04. The molecule has 1 nitrogen and oxygen atoms in total. The van der Waals surface area contributed by atoms with Gasteiger partial charge in [-0.1, -0.05) is 56.0 Å². The second-order valence-electron chi connectivity index (χ2n) is 5.09. The molecule has 1 aromatic rings. The predicted octanol–water partition coefficient (Wildman–Crippen LogP) is 4.96. The Balaban J connectivity index is 2.52. The van der Waals surface area contributed by atoms with Gasteiger partial charge in [-0.25, -0.2) is 0 Å². The fourth-order valence-corrected chi connectivity index (χ4v) is 1.94. The summed E-state index contributed by atoms with van der Waals surface area (Å²) in [5, 5.41) is 0. The summed E-state index contributed by atoms with van der Waals surface area (Å²) >= 11 is 0. The highest BCUT2D eigenvalue weighted by Gasteiger charge is 2.02. The number of ketones is 1. The van der Waals surface area contributed by atoms with Crippen molar-refractivity contribution in [2.24, 2.45) is 0 Å². The fourth-order valence-electron chi connectivity index (χ4n) is 1.94. The predicted molar refractivity (Wildman–Crippen MR) is 78.0 cm³/mol. The summed E-state index contributed by atoms with van der Waals surface area (Å²) in [7, 11) is 0. The van der Waals surface area contributed by atoms with Crippen LogP contribution in [-0.4, -0.2) is 5.78 Å². The molecule has 18 heavy (non-hydrogen) atoms. The average Bonchev–Trinajstić information content (AvgIpc) is 2.34. The molecule has 98 valence electrons. The number of aryl methyl sites for hydroxylation is 1. The lowest BCUT2D eigenvalue weighted by atomic mass is 10.0. The van der Waals surface area contributed by atoms with E-state index >= 15 is 0 Å². The van der Waals surface area contributed by atoms with E-state index in [1.807, 2.05) is 26.0 Å². The molecule has 0 heterocycles. The van der Waals surface area contributed by atoms with Crippen LogP contribution in [-0.2, 0) is 6.42 Å². The number of carbonyl (C=O) groups is 1. The van der Waals surface area contributed by atoms with Gasteiger partial charge in [0.25, 0.3) is 0 Å². The van der Waals surface area contributed by atoms with Gasteiger partial charge in [0.15, 0.2) is 5.78 Å². The van der Waals surface area contributed by atoms with Gasteiger partial charge in [0.1, 0.15) is 0 Å². The van der Waals surface area contributed by atoms with Gasteiger partial charge >= 0.3 is 0 Å². The van der Waals surface area contributed by atoms with Crippen LogP contribution in [0.15, 0.2) is 35.9 Å². The molecule has 0 spiro atoms. The van der Waals surface area contributed by atoms with E-state index in [4.69, 9.17) is 0 Å². The van der Waals surface area contributed by atoms with E-state index in [2.05, 4.69) is 19.1 Å². The highest BCUT2D eigenvalue weighted by Crippen LogP contribution is 2.11. The summed E-state index contributed by atoms with van der Waals surface area (Å²) in [4.78, 5) is 11.8. The summed E-state index contributed by atoms with van der Waals surface area (Å²) in [5.41, 5.74) is 3.16. The normalized spacial score (nSPS) is 10.2. The second kappa shape index (κ2) is 7.86.